The number of methoxy groups -OCH3 is 1. The van der Waals surface area contributed by atoms with Crippen LogP contribution < -0.4 is 10.5 Å². The number of H-pyrrole nitrogens is 1. The van der Waals surface area contributed by atoms with Gasteiger partial charge in [-0.3, -0.25) is 4.68 Å². The average Bonchev–Trinajstić information content (AvgIpc) is 3.02. The summed E-state index contributed by atoms with van der Waals surface area (Å²) in [7, 11) is 1.62. The summed E-state index contributed by atoms with van der Waals surface area (Å²) in [4.78, 5) is 7.67. The van der Waals surface area contributed by atoms with E-state index in [2.05, 4.69) is 15.1 Å². The molecule has 3 rings (SSSR count). The standard InChI is InChI=1S/C13H15N5O/c1-19-12-3-2-11-13(17-12)9(6-15-11)4-5-18-8-10(14)7-16-18/h2-3,6-8,15H,4-5,14H2,1H3. The molecule has 0 unspecified atom stereocenters. The molecule has 0 radical (unpaired) electrons. The van der Waals surface area contributed by atoms with Gasteiger partial charge in [-0.25, -0.2) is 4.98 Å². The number of aryl methyl sites for hydroxylation is 2. The fourth-order valence-corrected chi connectivity index (χ4v) is 2.08. The van der Waals surface area contributed by atoms with E-state index in [0.29, 0.717) is 11.6 Å². The maximum absolute atomic E-state index is 5.64. The molecule has 0 saturated heterocycles. The highest BCUT2D eigenvalue weighted by atomic mass is 16.5. The zero-order valence-corrected chi connectivity index (χ0v) is 10.6. The first kappa shape index (κ1) is 11.6. The van der Waals surface area contributed by atoms with Crippen LogP contribution in [0.1, 0.15) is 5.56 Å². The normalized spacial score (nSPS) is 11.0. The van der Waals surface area contributed by atoms with Crippen molar-refractivity contribution in [2.45, 2.75) is 13.0 Å². The fraction of sp³-hybridized carbons (Fsp3) is 0.231. The molecule has 3 N–H and O–H groups in total. The summed E-state index contributed by atoms with van der Waals surface area (Å²) in [6.45, 7) is 0.767. The molecular weight excluding hydrogens is 242 g/mol. The van der Waals surface area contributed by atoms with Crippen molar-refractivity contribution in [3.63, 3.8) is 0 Å². The Balaban J connectivity index is 1.84. The Morgan fingerprint density at radius 1 is 1.42 bits per heavy atom. The van der Waals surface area contributed by atoms with E-state index in [1.54, 1.807) is 13.3 Å². The van der Waals surface area contributed by atoms with Crippen LogP contribution in [0.4, 0.5) is 5.69 Å². The van der Waals surface area contributed by atoms with E-state index in [1.807, 2.05) is 29.2 Å². The number of anilines is 1. The van der Waals surface area contributed by atoms with Crippen molar-refractivity contribution < 1.29 is 4.74 Å². The molecule has 0 bridgehead atoms. The highest BCUT2D eigenvalue weighted by Crippen LogP contribution is 2.20. The van der Waals surface area contributed by atoms with Gasteiger partial charge in [0.15, 0.2) is 0 Å². The van der Waals surface area contributed by atoms with Crippen LogP contribution in [0.15, 0.2) is 30.7 Å². The molecule has 3 aromatic rings. The second kappa shape index (κ2) is 4.64. The van der Waals surface area contributed by atoms with Crippen molar-refractivity contribution in [3.05, 3.63) is 36.3 Å². The summed E-state index contributed by atoms with van der Waals surface area (Å²) in [5.41, 5.74) is 9.41. The lowest BCUT2D eigenvalue weighted by atomic mass is 10.2. The monoisotopic (exact) mass is 257 g/mol. The second-order valence-corrected chi connectivity index (χ2v) is 4.35. The van der Waals surface area contributed by atoms with Crippen molar-refractivity contribution in [1.29, 1.82) is 0 Å². The van der Waals surface area contributed by atoms with Gasteiger partial charge in [-0.15, -0.1) is 0 Å². The Hall–Kier alpha value is -2.50. The van der Waals surface area contributed by atoms with Crippen LogP contribution in [-0.4, -0.2) is 26.9 Å². The van der Waals surface area contributed by atoms with Crippen LogP contribution in [0, 0.1) is 0 Å². The largest absolute Gasteiger partial charge is 0.481 e. The van der Waals surface area contributed by atoms with Gasteiger partial charge in [0.1, 0.15) is 0 Å². The van der Waals surface area contributed by atoms with Gasteiger partial charge in [0.2, 0.25) is 5.88 Å². The molecule has 0 atom stereocenters. The number of nitrogens with two attached hydrogens (primary N) is 1. The van der Waals surface area contributed by atoms with Crippen molar-refractivity contribution in [1.82, 2.24) is 19.7 Å². The second-order valence-electron chi connectivity index (χ2n) is 4.35. The Morgan fingerprint density at radius 3 is 3.05 bits per heavy atom. The fourth-order valence-electron chi connectivity index (χ4n) is 2.08. The minimum atomic E-state index is 0.622. The quantitative estimate of drug-likeness (QED) is 0.743. The summed E-state index contributed by atoms with van der Waals surface area (Å²) in [6, 6.07) is 3.81. The summed E-state index contributed by atoms with van der Waals surface area (Å²) < 4.78 is 6.98. The van der Waals surface area contributed by atoms with E-state index >= 15 is 0 Å². The Morgan fingerprint density at radius 2 is 2.32 bits per heavy atom. The predicted octanol–water partition coefficient (Wildman–Crippen LogP) is 1.59. The highest BCUT2D eigenvalue weighted by Gasteiger charge is 2.07. The van der Waals surface area contributed by atoms with E-state index < -0.39 is 0 Å². The summed E-state index contributed by atoms with van der Waals surface area (Å²) in [5.74, 6) is 0.622. The lowest BCUT2D eigenvalue weighted by molar-refractivity contribution is 0.399. The number of fused-ring (bicyclic) bond motifs is 1. The van der Waals surface area contributed by atoms with Gasteiger partial charge < -0.3 is 15.5 Å². The smallest absolute Gasteiger partial charge is 0.213 e. The Kier molecular flexibility index (Phi) is 2.83. The molecule has 0 spiro atoms. The summed E-state index contributed by atoms with van der Waals surface area (Å²) in [5, 5.41) is 4.17. The topological polar surface area (TPSA) is 81.8 Å². The molecule has 98 valence electrons. The van der Waals surface area contributed by atoms with E-state index in [4.69, 9.17) is 10.5 Å². The molecule has 0 aliphatic rings. The first-order valence-corrected chi connectivity index (χ1v) is 6.05. The molecule has 19 heavy (non-hydrogen) atoms. The molecular formula is C13H15N5O. The molecule has 6 heteroatoms. The Bertz CT molecular complexity index is 700. The molecule has 0 fully saturated rings. The molecule has 0 aromatic carbocycles. The summed E-state index contributed by atoms with van der Waals surface area (Å²) >= 11 is 0. The van der Waals surface area contributed by atoms with Gasteiger partial charge in [0.25, 0.3) is 0 Å². The highest BCUT2D eigenvalue weighted by molar-refractivity contribution is 5.79. The minimum Gasteiger partial charge on any atom is -0.481 e. The summed E-state index contributed by atoms with van der Waals surface area (Å²) in [6.07, 6.45) is 6.28. The first-order valence-electron chi connectivity index (χ1n) is 6.05. The predicted molar refractivity (Wildman–Crippen MR) is 73.0 cm³/mol. The van der Waals surface area contributed by atoms with E-state index in [9.17, 15) is 0 Å². The molecule has 3 heterocycles. The van der Waals surface area contributed by atoms with Gasteiger partial charge >= 0.3 is 0 Å². The third-order valence-electron chi connectivity index (χ3n) is 3.05. The lowest BCUT2D eigenvalue weighted by Gasteiger charge is -2.02. The van der Waals surface area contributed by atoms with Crippen LogP contribution in [0.3, 0.4) is 0 Å². The van der Waals surface area contributed by atoms with Gasteiger partial charge in [-0.1, -0.05) is 0 Å². The number of aromatic nitrogens is 4. The average molecular weight is 257 g/mol. The molecule has 0 aliphatic carbocycles. The number of rotatable bonds is 4. The van der Waals surface area contributed by atoms with Crippen molar-refractivity contribution >= 4 is 16.7 Å². The van der Waals surface area contributed by atoms with Crippen LogP contribution in [0.5, 0.6) is 5.88 Å². The van der Waals surface area contributed by atoms with E-state index in [0.717, 1.165) is 29.6 Å². The number of nitrogen functional groups attached to an aromatic ring is 1. The van der Waals surface area contributed by atoms with E-state index in [1.165, 1.54) is 0 Å². The molecule has 0 amide bonds. The molecule has 6 nitrogen and oxygen atoms in total. The third-order valence-corrected chi connectivity index (χ3v) is 3.05. The van der Waals surface area contributed by atoms with Crippen molar-refractivity contribution in [2.75, 3.05) is 12.8 Å². The maximum Gasteiger partial charge on any atom is 0.213 e. The molecule has 0 saturated carbocycles. The van der Waals surface area contributed by atoms with E-state index in [-0.39, 0.29) is 0 Å². The first-order chi connectivity index (χ1) is 9.26. The maximum atomic E-state index is 5.64. The van der Waals surface area contributed by atoms with Crippen LogP contribution in [0.25, 0.3) is 11.0 Å². The van der Waals surface area contributed by atoms with Crippen molar-refractivity contribution in [3.8, 4) is 5.88 Å². The zero-order chi connectivity index (χ0) is 13.2. The van der Waals surface area contributed by atoms with Crippen LogP contribution in [0.2, 0.25) is 0 Å². The number of nitrogens with one attached hydrogen (secondary N) is 1. The van der Waals surface area contributed by atoms with Gasteiger partial charge in [-0.2, -0.15) is 5.10 Å². The Labute approximate surface area is 110 Å². The van der Waals surface area contributed by atoms with Crippen LogP contribution in [-0.2, 0) is 13.0 Å². The lowest BCUT2D eigenvalue weighted by Crippen LogP contribution is -2.01. The van der Waals surface area contributed by atoms with Crippen LogP contribution >= 0.6 is 0 Å². The van der Waals surface area contributed by atoms with Gasteiger partial charge in [0.05, 0.1) is 30.0 Å². The number of ether oxygens (including phenoxy) is 1. The number of aromatic amines is 1. The number of nitrogens with zero attached hydrogens (tertiary/aromatic N) is 3. The van der Waals surface area contributed by atoms with Gasteiger partial charge in [-0.05, 0) is 18.1 Å². The number of hydrogen-bond donors (Lipinski definition) is 2. The number of pyridine rings is 1. The minimum absolute atomic E-state index is 0.622. The van der Waals surface area contributed by atoms with Gasteiger partial charge in [0, 0.05) is 25.0 Å². The SMILES string of the molecule is COc1ccc2[nH]cc(CCn3cc(N)cn3)c2n1. The van der Waals surface area contributed by atoms with Crippen molar-refractivity contribution in [2.24, 2.45) is 0 Å². The molecule has 3 aromatic heterocycles. The molecule has 0 aliphatic heterocycles. The number of hydrogen-bond acceptors (Lipinski definition) is 4. The third kappa shape index (κ3) is 2.24. The zero-order valence-electron chi connectivity index (χ0n) is 10.6.